The Morgan fingerprint density at radius 3 is 2.71 bits per heavy atom. The van der Waals surface area contributed by atoms with Crippen LogP contribution in [0.1, 0.15) is 15.5 Å². The predicted octanol–water partition coefficient (Wildman–Crippen LogP) is 2.12. The van der Waals surface area contributed by atoms with Crippen LogP contribution in [0, 0.1) is 0 Å². The lowest BCUT2D eigenvalue weighted by atomic mass is 10.4. The van der Waals surface area contributed by atoms with Crippen LogP contribution in [0.5, 0.6) is 0 Å². The van der Waals surface area contributed by atoms with Gasteiger partial charge in [0.15, 0.2) is 5.69 Å². The van der Waals surface area contributed by atoms with Crippen molar-refractivity contribution in [2.75, 3.05) is 6.54 Å². The van der Waals surface area contributed by atoms with E-state index in [0.717, 1.165) is 0 Å². The molecule has 6 nitrogen and oxygen atoms in total. The van der Waals surface area contributed by atoms with E-state index in [-0.39, 0.29) is 17.1 Å². The summed E-state index contributed by atoms with van der Waals surface area (Å²) in [5, 5.41) is 10.8. The molecule has 0 aliphatic carbocycles. The van der Waals surface area contributed by atoms with E-state index in [9.17, 15) is 13.2 Å². The fourth-order valence-electron chi connectivity index (χ4n) is 1.56. The Hall–Kier alpha value is -1.29. The number of benzene rings is 1. The molecule has 0 radical (unpaired) electrons. The second-order valence-corrected chi connectivity index (χ2v) is 7.54. The summed E-state index contributed by atoms with van der Waals surface area (Å²) in [5.41, 5.74) is -0.0244. The van der Waals surface area contributed by atoms with Crippen molar-refractivity contribution in [3.8, 4) is 0 Å². The van der Waals surface area contributed by atoms with E-state index >= 15 is 0 Å². The summed E-state index contributed by atoms with van der Waals surface area (Å²) in [4.78, 5) is 14.8. The number of hydrogen-bond donors (Lipinski definition) is 2. The van der Waals surface area contributed by atoms with Crippen molar-refractivity contribution in [2.45, 2.75) is 11.3 Å². The normalized spacial score (nSPS) is 11.5. The van der Waals surface area contributed by atoms with Gasteiger partial charge in [0, 0.05) is 22.8 Å². The van der Waals surface area contributed by atoms with Gasteiger partial charge in [-0.1, -0.05) is 12.1 Å². The first-order valence-corrected chi connectivity index (χ1v) is 8.97. The van der Waals surface area contributed by atoms with Crippen molar-refractivity contribution in [1.82, 2.24) is 9.71 Å². The fourth-order valence-corrected chi connectivity index (χ4v) is 4.36. The van der Waals surface area contributed by atoms with Crippen molar-refractivity contribution >= 4 is 43.3 Å². The Kier molecular flexibility index (Phi) is 5.09. The summed E-state index contributed by atoms with van der Waals surface area (Å²) in [7, 11) is -3.61. The van der Waals surface area contributed by atoms with Crippen LogP contribution < -0.4 is 4.72 Å². The minimum absolute atomic E-state index is 0.0244. The summed E-state index contributed by atoms with van der Waals surface area (Å²) in [5.74, 6) is -1.09. The number of rotatable bonds is 6. The number of hydrogen-bond acceptors (Lipinski definition) is 5. The van der Waals surface area contributed by atoms with Gasteiger partial charge in [0.2, 0.25) is 10.0 Å². The maximum atomic E-state index is 12.1. The zero-order chi connectivity index (χ0) is 15.5. The van der Waals surface area contributed by atoms with Crippen LogP contribution in [0.4, 0.5) is 0 Å². The lowest BCUT2D eigenvalue weighted by molar-refractivity contribution is 0.0691. The second kappa shape index (κ2) is 6.65. The first kappa shape index (κ1) is 16.1. The third-order valence-electron chi connectivity index (χ3n) is 2.53. The minimum atomic E-state index is -3.61. The first-order chi connectivity index (χ1) is 9.90. The van der Waals surface area contributed by atoms with Gasteiger partial charge in [0.25, 0.3) is 0 Å². The maximum Gasteiger partial charge on any atom is 0.355 e. The SMILES string of the molecule is O=C(O)c1csc(CCNS(=O)(=O)c2ccccc2Br)n1. The number of halogens is 1. The summed E-state index contributed by atoms with van der Waals surface area (Å²) in [6.45, 7) is 0.149. The molecule has 0 saturated carbocycles. The monoisotopic (exact) mass is 390 g/mol. The molecule has 0 unspecified atom stereocenters. The molecule has 0 saturated heterocycles. The van der Waals surface area contributed by atoms with Crippen molar-refractivity contribution in [1.29, 1.82) is 0 Å². The van der Waals surface area contributed by atoms with Crippen LogP contribution in [-0.2, 0) is 16.4 Å². The number of carboxylic acids is 1. The number of sulfonamides is 1. The van der Waals surface area contributed by atoms with Gasteiger partial charge < -0.3 is 5.11 Å². The third kappa shape index (κ3) is 4.10. The molecule has 21 heavy (non-hydrogen) atoms. The Bertz CT molecular complexity index is 758. The largest absolute Gasteiger partial charge is 0.476 e. The average molecular weight is 391 g/mol. The first-order valence-electron chi connectivity index (χ1n) is 5.82. The molecule has 0 spiro atoms. The lowest BCUT2D eigenvalue weighted by Gasteiger charge is -2.07. The summed E-state index contributed by atoms with van der Waals surface area (Å²) < 4.78 is 27.2. The van der Waals surface area contributed by atoms with Crippen LogP contribution in [0.3, 0.4) is 0 Å². The van der Waals surface area contributed by atoms with E-state index in [4.69, 9.17) is 5.11 Å². The molecular formula is C12H11BrN2O4S2. The lowest BCUT2D eigenvalue weighted by Crippen LogP contribution is -2.26. The Morgan fingerprint density at radius 2 is 2.10 bits per heavy atom. The molecule has 1 aromatic carbocycles. The summed E-state index contributed by atoms with van der Waals surface area (Å²) in [6.07, 6.45) is 0.335. The topological polar surface area (TPSA) is 96.4 Å². The standard InChI is InChI=1S/C12H11BrN2O4S2/c13-8-3-1-2-4-10(8)21(18,19)14-6-5-11-15-9(7-20-11)12(16)17/h1-4,7,14H,5-6H2,(H,16,17). The smallest absolute Gasteiger partial charge is 0.355 e. The molecule has 112 valence electrons. The predicted molar refractivity (Wildman–Crippen MR) is 82.1 cm³/mol. The van der Waals surface area contributed by atoms with Gasteiger partial charge in [-0.2, -0.15) is 0 Å². The number of carbonyl (C=O) groups is 1. The van der Waals surface area contributed by atoms with E-state index in [2.05, 4.69) is 25.6 Å². The zero-order valence-corrected chi connectivity index (χ0v) is 13.8. The third-order valence-corrected chi connectivity index (χ3v) is 5.91. The maximum absolute atomic E-state index is 12.1. The second-order valence-electron chi connectivity index (χ2n) is 4.01. The van der Waals surface area contributed by atoms with Crippen LogP contribution in [0.2, 0.25) is 0 Å². The van der Waals surface area contributed by atoms with Crippen LogP contribution in [0.25, 0.3) is 0 Å². The van der Waals surface area contributed by atoms with E-state index in [1.54, 1.807) is 18.2 Å². The van der Waals surface area contributed by atoms with Crippen LogP contribution in [0.15, 0.2) is 39.0 Å². The fraction of sp³-hybridized carbons (Fsp3) is 0.167. The highest BCUT2D eigenvalue weighted by Crippen LogP contribution is 2.20. The number of aromatic carboxylic acids is 1. The number of nitrogens with zero attached hydrogens (tertiary/aromatic N) is 1. The number of aromatic nitrogens is 1. The highest BCUT2D eigenvalue weighted by molar-refractivity contribution is 9.10. The van der Waals surface area contributed by atoms with Gasteiger partial charge >= 0.3 is 5.97 Å². The van der Waals surface area contributed by atoms with Gasteiger partial charge in [0.1, 0.15) is 0 Å². The highest BCUT2D eigenvalue weighted by Gasteiger charge is 2.16. The Labute approximate surface area is 134 Å². The number of thiazole rings is 1. The average Bonchev–Trinajstić information content (AvgIpc) is 2.88. The van der Waals surface area contributed by atoms with E-state index in [0.29, 0.717) is 15.9 Å². The molecule has 0 aliphatic rings. The van der Waals surface area contributed by atoms with E-state index < -0.39 is 16.0 Å². The molecule has 0 atom stereocenters. The van der Waals surface area contributed by atoms with Crippen LogP contribution in [-0.4, -0.2) is 31.0 Å². The molecule has 0 bridgehead atoms. The van der Waals surface area contributed by atoms with Gasteiger partial charge in [-0.05, 0) is 28.1 Å². The molecule has 0 aliphatic heterocycles. The molecule has 0 fully saturated rings. The van der Waals surface area contributed by atoms with E-state index in [1.807, 2.05) is 0 Å². The minimum Gasteiger partial charge on any atom is -0.476 e. The zero-order valence-electron chi connectivity index (χ0n) is 10.6. The van der Waals surface area contributed by atoms with Gasteiger partial charge in [0.05, 0.1) is 9.90 Å². The molecule has 2 aromatic rings. The van der Waals surface area contributed by atoms with Gasteiger partial charge in [-0.3, -0.25) is 0 Å². The van der Waals surface area contributed by atoms with Gasteiger partial charge in [-0.25, -0.2) is 22.9 Å². The van der Waals surface area contributed by atoms with Crippen molar-refractivity contribution in [3.63, 3.8) is 0 Å². The molecule has 2 N–H and O–H groups in total. The van der Waals surface area contributed by atoms with Crippen LogP contribution >= 0.6 is 27.3 Å². The quantitative estimate of drug-likeness (QED) is 0.787. The molecule has 1 aromatic heterocycles. The summed E-state index contributed by atoms with van der Waals surface area (Å²) in [6, 6.07) is 6.51. The van der Waals surface area contributed by atoms with Crippen molar-refractivity contribution in [2.24, 2.45) is 0 Å². The number of carboxylic acid groups (broad SMARTS) is 1. The van der Waals surface area contributed by atoms with Crippen molar-refractivity contribution in [3.05, 3.63) is 44.8 Å². The van der Waals surface area contributed by atoms with Gasteiger partial charge in [-0.15, -0.1) is 11.3 Å². The summed E-state index contributed by atoms with van der Waals surface area (Å²) >= 11 is 4.38. The molecule has 9 heteroatoms. The highest BCUT2D eigenvalue weighted by atomic mass is 79.9. The molecule has 0 amide bonds. The van der Waals surface area contributed by atoms with Crippen molar-refractivity contribution < 1.29 is 18.3 Å². The Morgan fingerprint density at radius 1 is 1.38 bits per heavy atom. The molecule has 1 heterocycles. The van der Waals surface area contributed by atoms with E-state index in [1.165, 1.54) is 22.8 Å². The number of nitrogens with one attached hydrogen (secondary N) is 1. The Balaban J connectivity index is 1.99. The molecular weight excluding hydrogens is 380 g/mol. The molecule has 2 rings (SSSR count).